The number of anilines is 1. The van der Waals surface area contributed by atoms with Crippen molar-refractivity contribution < 1.29 is 0 Å². The molecule has 2 nitrogen and oxygen atoms in total. The SMILES string of the molecule is CC(Nc1ccc2[nH]ccc2c1)c1ccc(Cl)s1. The van der Waals surface area contributed by atoms with Crippen molar-refractivity contribution in [3.05, 3.63) is 51.8 Å². The Balaban J connectivity index is 1.83. The lowest BCUT2D eigenvalue weighted by molar-refractivity contribution is 0.909. The van der Waals surface area contributed by atoms with Crippen molar-refractivity contribution in [2.45, 2.75) is 13.0 Å². The molecule has 4 heteroatoms. The number of thiophene rings is 1. The highest BCUT2D eigenvalue weighted by molar-refractivity contribution is 7.16. The standard InChI is InChI=1S/C14H13ClN2S/c1-9(13-4-5-14(15)18-13)17-11-2-3-12-10(8-11)6-7-16-12/h2-9,16-17H,1H3. The molecule has 18 heavy (non-hydrogen) atoms. The molecule has 0 saturated carbocycles. The summed E-state index contributed by atoms with van der Waals surface area (Å²) in [7, 11) is 0. The number of benzene rings is 1. The lowest BCUT2D eigenvalue weighted by Crippen LogP contribution is -2.04. The number of nitrogens with one attached hydrogen (secondary N) is 2. The highest BCUT2D eigenvalue weighted by atomic mass is 35.5. The van der Waals surface area contributed by atoms with Crippen LogP contribution in [0.2, 0.25) is 4.34 Å². The van der Waals surface area contributed by atoms with Crippen LogP contribution >= 0.6 is 22.9 Å². The molecule has 1 unspecified atom stereocenters. The molecule has 0 bridgehead atoms. The first-order valence-electron chi connectivity index (χ1n) is 5.81. The molecule has 0 radical (unpaired) electrons. The maximum Gasteiger partial charge on any atom is 0.0932 e. The van der Waals surface area contributed by atoms with Gasteiger partial charge in [-0.1, -0.05) is 11.6 Å². The largest absolute Gasteiger partial charge is 0.378 e. The topological polar surface area (TPSA) is 27.8 Å². The van der Waals surface area contributed by atoms with Gasteiger partial charge in [0.15, 0.2) is 0 Å². The van der Waals surface area contributed by atoms with Gasteiger partial charge >= 0.3 is 0 Å². The summed E-state index contributed by atoms with van der Waals surface area (Å²) in [5.41, 5.74) is 2.28. The number of rotatable bonds is 3. The third-order valence-corrected chi connectivity index (χ3v) is 4.37. The van der Waals surface area contributed by atoms with Gasteiger partial charge in [0.25, 0.3) is 0 Å². The van der Waals surface area contributed by atoms with Crippen LogP contribution in [0, 0.1) is 0 Å². The highest BCUT2D eigenvalue weighted by Crippen LogP contribution is 2.29. The molecule has 1 aromatic carbocycles. The van der Waals surface area contributed by atoms with E-state index >= 15 is 0 Å². The predicted molar refractivity (Wildman–Crippen MR) is 79.7 cm³/mol. The third kappa shape index (κ3) is 2.24. The van der Waals surface area contributed by atoms with Gasteiger partial charge in [-0.2, -0.15) is 0 Å². The molecule has 3 rings (SSSR count). The Kier molecular flexibility index (Phi) is 3.02. The van der Waals surface area contributed by atoms with E-state index in [1.165, 1.54) is 10.3 Å². The molecule has 92 valence electrons. The van der Waals surface area contributed by atoms with Crippen LogP contribution in [-0.2, 0) is 0 Å². The molecule has 0 aliphatic heterocycles. The maximum absolute atomic E-state index is 5.96. The number of H-pyrrole nitrogens is 1. The van der Waals surface area contributed by atoms with Crippen LogP contribution in [0.5, 0.6) is 0 Å². The smallest absolute Gasteiger partial charge is 0.0932 e. The number of hydrogen-bond acceptors (Lipinski definition) is 2. The second-order valence-corrected chi connectivity index (χ2v) is 6.03. The molecular formula is C14H13ClN2S. The molecule has 0 amide bonds. The zero-order valence-electron chi connectivity index (χ0n) is 9.91. The monoisotopic (exact) mass is 276 g/mol. The van der Waals surface area contributed by atoms with E-state index in [1.54, 1.807) is 11.3 Å². The minimum Gasteiger partial charge on any atom is -0.378 e. The summed E-state index contributed by atoms with van der Waals surface area (Å²) < 4.78 is 0.833. The molecule has 0 fully saturated rings. The summed E-state index contributed by atoms with van der Waals surface area (Å²) in [6.07, 6.45) is 1.96. The van der Waals surface area contributed by atoms with E-state index in [9.17, 15) is 0 Å². The molecule has 3 aromatic rings. The van der Waals surface area contributed by atoms with Crippen LogP contribution in [0.3, 0.4) is 0 Å². The van der Waals surface area contributed by atoms with E-state index in [-0.39, 0.29) is 6.04 Å². The first kappa shape index (κ1) is 11.6. The predicted octanol–water partition coefficient (Wildman–Crippen LogP) is 5.06. The van der Waals surface area contributed by atoms with Crippen molar-refractivity contribution in [3.63, 3.8) is 0 Å². The van der Waals surface area contributed by atoms with Crippen molar-refractivity contribution >= 4 is 39.5 Å². The second-order valence-electron chi connectivity index (χ2n) is 4.29. The number of fused-ring (bicyclic) bond motifs is 1. The molecule has 2 aromatic heterocycles. The minimum absolute atomic E-state index is 0.263. The average Bonchev–Trinajstić information content (AvgIpc) is 2.96. The number of halogens is 1. The molecule has 2 heterocycles. The average molecular weight is 277 g/mol. The van der Waals surface area contributed by atoms with E-state index in [1.807, 2.05) is 12.3 Å². The summed E-state index contributed by atoms with van der Waals surface area (Å²) in [5.74, 6) is 0. The van der Waals surface area contributed by atoms with E-state index in [0.717, 1.165) is 15.5 Å². The van der Waals surface area contributed by atoms with Gasteiger partial charge in [0.05, 0.1) is 10.4 Å². The van der Waals surface area contributed by atoms with Crippen LogP contribution < -0.4 is 5.32 Å². The van der Waals surface area contributed by atoms with Crippen molar-refractivity contribution in [2.75, 3.05) is 5.32 Å². The van der Waals surface area contributed by atoms with Gasteiger partial charge in [-0.05, 0) is 43.3 Å². The van der Waals surface area contributed by atoms with Crippen LogP contribution in [0.15, 0.2) is 42.6 Å². The van der Waals surface area contributed by atoms with Gasteiger partial charge < -0.3 is 10.3 Å². The first-order valence-corrected chi connectivity index (χ1v) is 7.01. The summed E-state index contributed by atoms with van der Waals surface area (Å²) >= 11 is 7.57. The van der Waals surface area contributed by atoms with Gasteiger partial charge in [0.2, 0.25) is 0 Å². The van der Waals surface area contributed by atoms with Crippen LogP contribution in [0.25, 0.3) is 10.9 Å². The van der Waals surface area contributed by atoms with Gasteiger partial charge in [0.1, 0.15) is 0 Å². The van der Waals surface area contributed by atoms with Crippen molar-refractivity contribution in [1.82, 2.24) is 4.98 Å². The second kappa shape index (κ2) is 4.67. The zero-order valence-corrected chi connectivity index (χ0v) is 11.5. The van der Waals surface area contributed by atoms with E-state index in [2.05, 4.69) is 47.6 Å². The Hall–Kier alpha value is -1.45. The Labute approximate surface area is 115 Å². The van der Waals surface area contributed by atoms with E-state index in [0.29, 0.717) is 0 Å². The Bertz CT molecular complexity index is 671. The van der Waals surface area contributed by atoms with Crippen molar-refractivity contribution in [3.8, 4) is 0 Å². The van der Waals surface area contributed by atoms with Crippen molar-refractivity contribution in [2.24, 2.45) is 0 Å². The molecule has 0 aliphatic rings. The maximum atomic E-state index is 5.96. The van der Waals surface area contributed by atoms with Crippen LogP contribution in [0.4, 0.5) is 5.69 Å². The van der Waals surface area contributed by atoms with E-state index in [4.69, 9.17) is 11.6 Å². The number of aromatic nitrogens is 1. The number of hydrogen-bond donors (Lipinski definition) is 2. The highest BCUT2D eigenvalue weighted by Gasteiger charge is 2.08. The van der Waals surface area contributed by atoms with Crippen LogP contribution in [-0.4, -0.2) is 4.98 Å². The molecule has 0 saturated heterocycles. The minimum atomic E-state index is 0.263. The Morgan fingerprint density at radius 3 is 2.89 bits per heavy atom. The lowest BCUT2D eigenvalue weighted by atomic mass is 10.2. The van der Waals surface area contributed by atoms with Gasteiger partial charge in [-0.3, -0.25) is 0 Å². The molecule has 2 N–H and O–H groups in total. The quantitative estimate of drug-likeness (QED) is 0.688. The van der Waals surface area contributed by atoms with Gasteiger partial charge in [-0.25, -0.2) is 0 Å². The summed E-state index contributed by atoms with van der Waals surface area (Å²) in [4.78, 5) is 4.44. The van der Waals surface area contributed by atoms with E-state index < -0.39 is 0 Å². The third-order valence-electron chi connectivity index (χ3n) is 2.96. The van der Waals surface area contributed by atoms with Gasteiger partial charge in [-0.15, -0.1) is 11.3 Å². The van der Waals surface area contributed by atoms with Gasteiger partial charge in [0, 0.05) is 27.7 Å². The fraction of sp³-hybridized carbons (Fsp3) is 0.143. The lowest BCUT2D eigenvalue weighted by Gasteiger charge is -2.13. The summed E-state index contributed by atoms with van der Waals surface area (Å²) in [5, 5.41) is 4.71. The summed E-state index contributed by atoms with van der Waals surface area (Å²) in [6.45, 7) is 2.14. The molecule has 0 spiro atoms. The summed E-state index contributed by atoms with van der Waals surface area (Å²) in [6, 6.07) is 12.7. The number of aromatic amines is 1. The van der Waals surface area contributed by atoms with Crippen LogP contribution in [0.1, 0.15) is 17.8 Å². The Morgan fingerprint density at radius 1 is 1.22 bits per heavy atom. The Morgan fingerprint density at radius 2 is 2.11 bits per heavy atom. The fourth-order valence-electron chi connectivity index (χ4n) is 2.03. The molecule has 0 aliphatic carbocycles. The fourth-order valence-corrected chi connectivity index (χ4v) is 3.09. The normalized spacial score (nSPS) is 12.8. The molecule has 1 atom stereocenters. The zero-order chi connectivity index (χ0) is 12.5. The van der Waals surface area contributed by atoms with Crippen molar-refractivity contribution in [1.29, 1.82) is 0 Å². The first-order chi connectivity index (χ1) is 8.72. The molecular weight excluding hydrogens is 264 g/mol.